The Labute approximate surface area is 140 Å². The van der Waals surface area contributed by atoms with Gasteiger partial charge in [0.25, 0.3) is 5.76 Å². The van der Waals surface area contributed by atoms with Crippen molar-refractivity contribution in [2.45, 2.75) is 17.2 Å². The van der Waals surface area contributed by atoms with Crippen LogP contribution in [0.5, 0.6) is 5.75 Å². The first-order valence-corrected chi connectivity index (χ1v) is 7.94. The predicted octanol–water partition coefficient (Wildman–Crippen LogP) is 4.43. The summed E-state index contributed by atoms with van der Waals surface area (Å²) in [6.45, 7) is 0.355. The molecule has 0 radical (unpaired) electrons. The fourth-order valence-electron chi connectivity index (χ4n) is 2.32. The molecule has 0 bridgehead atoms. The van der Waals surface area contributed by atoms with E-state index >= 15 is 0 Å². The number of hydrogen-bond donors (Lipinski definition) is 2. The third kappa shape index (κ3) is 3.86. The van der Waals surface area contributed by atoms with Crippen LogP contribution in [0, 0.1) is 0 Å². The van der Waals surface area contributed by atoms with Gasteiger partial charge in [-0.3, -0.25) is 0 Å². The number of phenols is 1. The second kappa shape index (κ2) is 6.92. The van der Waals surface area contributed by atoms with Crippen LogP contribution >= 0.6 is 11.8 Å². The number of alkyl halides is 2. The summed E-state index contributed by atoms with van der Waals surface area (Å²) in [6, 6.07) is 12.6. The number of halogens is 2. The molecule has 0 fully saturated rings. The number of hydrogen-bond acceptors (Lipinski definition) is 5. The number of nitrogens with one attached hydrogen (secondary N) is 1. The van der Waals surface area contributed by atoms with E-state index in [0.717, 1.165) is 5.69 Å². The van der Waals surface area contributed by atoms with Crippen LogP contribution in [0.1, 0.15) is 5.56 Å². The quantitative estimate of drug-likeness (QED) is 0.527. The van der Waals surface area contributed by atoms with E-state index in [1.54, 1.807) is 30.3 Å². The lowest BCUT2D eigenvalue weighted by Gasteiger charge is -2.09. The Balaban J connectivity index is 1.79. The first-order valence-electron chi connectivity index (χ1n) is 7.06. The predicted molar refractivity (Wildman–Crippen MR) is 89.8 cm³/mol. The second-order valence-corrected chi connectivity index (χ2v) is 6.09. The van der Waals surface area contributed by atoms with Crippen molar-refractivity contribution < 1.29 is 18.3 Å². The maximum absolute atomic E-state index is 12.3. The molecule has 0 aliphatic rings. The molecule has 0 unspecified atom stereocenters. The van der Waals surface area contributed by atoms with Crippen LogP contribution < -0.4 is 10.9 Å². The highest BCUT2D eigenvalue weighted by Gasteiger charge is 2.07. The summed E-state index contributed by atoms with van der Waals surface area (Å²) >= 11 is 0.488. The monoisotopic (exact) mass is 349 g/mol. The minimum Gasteiger partial charge on any atom is -0.508 e. The Kier molecular flexibility index (Phi) is 4.71. The van der Waals surface area contributed by atoms with E-state index in [1.165, 1.54) is 18.2 Å². The maximum Gasteiger partial charge on any atom is 0.336 e. The summed E-state index contributed by atoms with van der Waals surface area (Å²) < 4.78 is 29.7. The molecule has 2 N–H and O–H groups in total. The Bertz CT molecular complexity index is 910. The van der Waals surface area contributed by atoms with Gasteiger partial charge in [-0.1, -0.05) is 11.8 Å². The third-order valence-corrected chi connectivity index (χ3v) is 4.10. The van der Waals surface area contributed by atoms with Crippen molar-refractivity contribution in [1.29, 1.82) is 0 Å². The number of benzene rings is 2. The Morgan fingerprint density at radius 3 is 2.58 bits per heavy atom. The van der Waals surface area contributed by atoms with Gasteiger partial charge in [0.05, 0.1) is 0 Å². The largest absolute Gasteiger partial charge is 0.508 e. The first kappa shape index (κ1) is 16.3. The van der Waals surface area contributed by atoms with Gasteiger partial charge in [0, 0.05) is 34.6 Å². The van der Waals surface area contributed by atoms with Crippen LogP contribution in [0.3, 0.4) is 0 Å². The molecule has 0 amide bonds. The third-order valence-electron chi connectivity index (χ3n) is 3.38. The molecule has 24 heavy (non-hydrogen) atoms. The minimum atomic E-state index is -2.45. The van der Waals surface area contributed by atoms with Crippen molar-refractivity contribution >= 4 is 28.4 Å². The molecule has 1 heterocycles. The molecule has 0 spiro atoms. The number of anilines is 1. The molecule has 0 atom stereocenters. The van der Waals surface area contributed by atoms with Crippen molar-refractivity contribution in [2.75, 3.05) is 5.32 Å². The zero-order chi connectivity index (χ0) is 17.1. The van der Waals surface area contributed by atoms with Crippen molar-refractivity contribution in [3.8, 4) is 5.75 Å². The lowest BCUT2D eigenvalue weighted by atomic mass is 10.1. The van der Waals surface area contributed by atoms with Crippen LogP contribution in [0.25, 0.3) is 11.0 Å². The van der Waals surface area contributed by atoms with E-state index in [1.807, 2.05) is 0 Å². The smallest absolute Gasteiger partial charge is 0.336 e. The first-order chi connectivity index (χ1) is 11.5. The topological polar surface area (TPSA) is 62.5 Å². The average molecular weight is 349 g/mol. The van der Waals surface area contributed by atoms with Gasteiger partial charge in [0.1, 0.15) is 11.3 Å². The van der Waals surface area contributed by atoms with Crippen LogP contribution in [0.4, 0.5) is 14.5 Å². The molecule has 3 aromatic rings. The summed E-state index contributed by atoms with van der Waals surface area (Å²) in [5.74, 6) is -2.43. The van der Waals surface area contributed by atoms with E-state index in [-0.39, 0.29) is 5.75 Å². The van der Waals surface area contributed by atoms with Crippen LogP contribution in [0.15, 0.2) is 62.6 Å². The van der Waals surface area contributed by atoms with Crippen LogP contribution in [0.2, 0.25) is 0 Å². The molecule has 1 aromatic heterocycles. The lowest BCUT2D eigenvalue weighted by molar-refractivity contribution is 0.252. The number of phenolic OH excluding ortho intramolecular Hbond substituents is 1. The Hall–Kier alpha value is -2.54. The minimum absolute atomic E-state index is 0.0166. The molecule has 7 heteroatoms. The molecular formula is C17H13F2NO3S. The van der Waals surface area contributed by atoms with Crippen LogP contribution in [-0.4, -0.2) is 10.9 Å². The molecule has 4 nitrogen and oxygen atoms in total. The van der Waals surface area contributed by atoms with Gasteiger partial charge < -0.3 is 14.8 Å². The van der Waals surface area contributed by atoms with Gasteiger partial charge in [-0.05, 0) is 42.0 Å². The number of aromatic hydroxyl groups is 1. The zero-order valence-corrected chi connectivity index (χ0v) is 13.1. The fourth-order valence-corrected chi connectivity index (χ4v) is 2.82. The molecular weight excluding hydrogens is 336 g/mol. The van der Waals surface area contributed by atoms with Crippen LogP contribution in [-0.2, 0) is 6.54 Å². The van der Waals surface area contributed by atoms with Crippen molar-refractivity contribution in [3.05, 3.63) is 64.5 Å². The van der Waals surface area contributed by atoms with Gasteiger partial charge >= 0.3 is 5.63 Å². The van der Waals surface area contributed by atoms with E-state index in [9.17, 15) is 18.7 Å². The Morgan fingerprint density at radius 2 is 1.88 bits per heavy atom. The second-order valence-electron chi connectivity index (χ2n) is 5.03. The Morgan fingerprint density at radius 1 is 1.12 bits per heavy atom. The van der Waals surface area contributed by atoms with Gasteiger partial charge in [0.2, 0.25) is 0 Å². The highest BCUT2D eigenvalue weighted by molar-refractivity contribution is 7.99. The summed E-state index contributed by atoms with van der Waals surface area (Å²) in [6.07, 6.45) is 0. The highest BCUT2D eigenvalue weighted by atomic mass is 32.2. The highest BCUT2D eigenvalue weighted by Crippen LogP contribution is 2.27. The molecule has 0 aliphatic heterocycles. The van der Waals surface area contributed by atoms with Crippen molar-refractivity contribution in [2.24, 2.45) is 0 Å². The molecule has 2 aromatic carbocycles. The fraction of sp³-hybridized carbons (Fsp3) is 0.118. The lowest BCUT2D eigenvalue weighted by Crippen LogP contribution is -2.05. The summed E-state index contributed by atoms with van der Waals surface area (Å²) in [4.78, 5) is 12.1. The zero-order valence-electron chi connectivity index (χ0n) is 12.3. The molecule has 3 rings (SSSR count). The maximum atomic E-state index is 12.3. The van der Waals surface area contributed by atoms with E-state index in [4.69, 9.17) is 4.42 Å². The number of thioether (sulfide) groups is 1. The molecule has 0 aliphatic carbocycles. The van der Waals surface area contributed by atoms with E-state index in [2.05, 4.69) is 5.32 Å². The molecule has 124 valence electrons. The summed E-state index contributed by atoms with van der Waals surface area (Å²) in [5, 5.41) is 13.3. The average Bonchev–Trinajstić information content (AvgIpc) is 2.52. The van der Waals surface area contributed by atoms with E-state index < -0.39 is 11.4 Å². The normalized spacial score (nSPS) is 11.1. The van der Waals surface area contributed by atoms with Gasteiger partial charge in [0.15, 0.2) is 0 Å². The summed E-state index contributed by atoms with van der Waals surface area (Å²) in [5.41, 5.74) is 1.26. The summed E-state index contributed by atoms with van der Waals surface area (Å²) in [7, 11) is 0. The van der Waals surface area contributed by atoms with Crippen molar-refractivity contribution in [3.63, 3.8) is 0 Å². The molecule has 0 saturated carbocycles. The SMILES string of the molecule is O=c1cc(CNc2ccc(SC(F)F)cc2)c2ccc(O)cc2o1. The van der Waals surface area contributed by atoms with Gasteiger partial charge in [-0.2, -0.15) is 8.78 Å². The standard InChI is InChI=1S/C17H13F2NO3S/c18-17(19)24-13-4-1-11(2-5-13)20-9-10-7-16(22)23-15-8-12(21)3-6-14(10)15/h1-8,17,20-21H,9H2. The molecule has 0 saturated heterocycles. The van der Waals surface area contributed by atoms with Crippen molar-refractivity contribution in [1.82, 2.24) is 0 Å². The number of fused-ring (bicyclic) bond motifs is 1. The van der Waals surface area contributed by atoms with E-state index in [0.29, 0.717) is 39.7 Å². The van der Waals surface area contributed by atoms with Gasteiger partial charge in [-0.25, -0.2) is 4.79 Å². The number of rotatable bonds is 5. The van der Waals surface area contributed by atoms with Gasteiger partial charge in [-0.15, -0.1) is 0 Å².